The summed E-state index contributed by atoms with van der Waals surface area (Å²) in [4.78, 5) is 19.8. The van der Waals surface area contributed by atoms with Crippen LogP contribution >= 0.6 is 11.8 Å². The zero-order valence-electron chi connectivity index (χ0n) is 19.1. The molecule has 6 nitrogen and oxygen atoms in total. The molecule has 1 amide bonds. The van der Waals surface area contributed by atoms with E-state index in [1.54, 1.807) is 0 Å². The molecule has 2 atom stereocenters. The number of sulfone groups is 1. The van der Waals surface area contributed by atoms with Crippen LogP contribution in [-0.2, 0) is 14.6 Å². The Kier molecular flexibility index (Phi) is 6.11. The maximum absolute atomic E-state index is 13.1. The lowest BCUT2D eigenvalue weighted by Crippen LogP contribution is -2.37. The largest absolute Gasteiger partial charge is 0.324 e. The van der Waals surface area contributed by atoms with Gasteiger partial charge in [0, 0.05) is 16.6 Å². The van der Waals surface area contributed by atoms with E-state index in [0.717, 1.165) is 39.2 Å². The second-order valence-electron chi connectivity index (χ2n) is 8.97. The van der Waals surface area contributed by atoms with E-state index in [-0.39, 0.29) is 35.2 Å². The molecule has 1 N–H and O–H groups in total. The predicted octanol–water partition coefficient (Wildman–Crippen LogP) is 3.94. The van der Waals surface area contributed by atoms with Crippen molar-refractivity contribution >= 4 is 44.0 Å². The Balaban J connectivity index is 1.63. The molecular formula is C24H29N3O3S2. The average molecular weight is 472 g/mol. The van der Waals surface area contributed by atoms with Gasteiger partial charge in [-0.15, -0.1) is 0 Å². The smallest absolute Gasteiger partial charge is 0.244 e. The highest BCUT2D eigenvalue weighted by Crippen LogP contribution is 2.37. The van der Waals surface area contributed by atoms with Crippen molar-refractivity contribution in [2.75, 3.05) is 28.3 Å². The van der Waals surface area contributed by atoms with E-state index in [4.69, 9.17) is 4.99 Å². The van der Waals surface area contributed by atoms with E-state index in [9.17, 15) is 13.2 Å². The molecule has 2 aliphatic rings. The highest BCUT2D eigenvalue weighted by molar-refractivity contribution is 8.15. The molecule has 0 bridgehead atoms. The lowest BCUT2D eigenvalue weighted by atomic mass is 10.1. The highest BCUT2D eigenvalue weighted by atomic mass is 32.2. The molecule has 0 spiro atoms. The first-order valence-corrected chi connectivity index (χ1v) is 13.4. The van der Waals surface area contributed by atoms with Crippen LogP contribution < -0.4 is 10.2 Å². The van der Waals surface area contributed by atoms with Crippen LogP contribution in [0.2, 0.25) is 0 Å². The first-order valence-electron chi connectivity index (χ1n) is 10.7. The Hall–Kier alpha value is -2.32. The fourth-order valence-corrected chi connectivity index (χ4v) is 8.33. The Bertz CT molecular complexity index is 1180. The van der Waals surface area contributed by atoms with Gasteiger partial charge in [-0.2, -0.15) is 0 Å². The van der Waals surface area contributed by atoms with Gasteiger partial charge in [-0.25, -0.2) is 8.42 Å². The molecule has 170 valence electrons. The lowest BCUT2D eigenvalue weighted by Gasteiger charge is -2.25. The standard InChI is InChI=1S/C24H29N3O3S2/c1-14-6-15(2)10-19(9-14)27(24-25-20-12-32(29,30)13-21(20)31-24)11-22(28)26-23-17(4)7-16(3)8-18(23)5/h6-10,20-21H,11-13H2,1-5H3,(H,26,28)/t20-,21-/m0/s1. The van der Waals surface area contributed by atoms with Crippen LogP contribution in [0.15, 0.2) is 35.3 Å². The molecule has 8 heteroatoms. The van der Waals surface area contributed by atoms with Crippen LogP contribution in [0, 0.1) is 34.6 Å². The van der Waals surface area contributed by atoms with Crippen molar-refractivity contribution in [1.29, 1.82) is 0 Å². The van der Waals surface area contributed by atoms with Gasteiger partial charge in [-0.05, 0) is 69.0 Å². The molecule has 1 fully saturated rings. The average Bonchev–Trinajstić information content (AvgIpc) is 3.15. The summed E-state index contributed by atoms with van der Waals surface area (Å²) in [5, 5.41) is 3.72. The van der Waals surface area contributed by atoms with Crippen molar-refractivity contribution in [2.45, 2.75) is 45.9 Å². The second kappa shape index (κ2) is 8.56. The number of hydrogen-bond donors (Lipinski definition) is 1. The summed E-state index contributed by atoms with van der Waals surface area (Å²) in [6.45, 7) is 10.2. The van der Waals surface area contributed by atoms with Crippen LogP contribution in [0.5, 0.6) is 0 Å². The topological polar surface area (TPSA) is 78.8 Å². The number of fused-ring (bicyclic) bond motifs is 1. The molecule has 0 unspecified atom stereocenters. The first-order chi connectivity index (χ1) is 15.0. The van der Waals surface area contributed by atoms with Crippen LogP contribution in [0.4, 0.5) is 11.4 Å². The number of aliphatic imine (C=N–C) groups is 1. The normalized spacial score (nSPS) is 21.2. The maximum Gasteiger partial charge on any atom is 0.244 e. The number of benzene rings is 2. The van der Waals surface area contributed by atoms with Crippen LogP contribution in [-0.4, -0.2) is 48.8 Å². The van der Waals surface area contributed by atoms with Gasteiger partial charge in [0.2, 0.25) is 5.91 Å². The number of aryl methyl sites for hydroxylation is 5. The third kappa shape index (κ3) is 4.86. The number of nitrogens with zero attached hydrogens (tertiary/aromatic N) is 2. The quantitative estimate of drug-likeness (QED) is 0.731. The summed E-state index contributed by atoms with van der Waals surface area (Å²) in [7, 11) is -3.04. The van der Waals surface area contributed by atoms with Gasteiger partial charge in [-0.1, -0.05) is 35.5 Å². The minimum absolute atomic E-state index is 0.0759. The van der Waals surface area contributed by atoms with Gasteiger partial charge in [0.15, 0.2) is 15.0 Å². The number of rotatable bonds is 4. The van der Waals surface area contributed by atoms with Crippen LogP contribution in [0.3, 0.4) is 0 Å². The van der Waals surface area contributed by atoms with E-state index in [0.29, 0.717) is 5.17 Å². The number of carbonyl (C=O) groups is 1. The summed E-state index contributed by atoms with van der Waals surface area (Å²) < 4.78 is 24.0. The van der Waals surface area contributed by atoms with Crippen LogP contribution in [0.25, 0.3) is 0 Å². The van der Waals surface area contributed by atoms with Gasteiger partial charge < -0.3 is 10.2 Å². The van der Waals surface area contributed by atoms with E-state index in [1.807, 2.05) is 51.7 Å². The monoisotopic (exact) mass is 471 g/mol. The zero-order chi connectivity index (χ0) is 23.2. The summed E-state index contributed by atoms with van der Waals surface area (Å²) >= 11 is 1.47. The Labute approximate surface area is 194 Å². The summed E-state index contributed by atoms with van der Waals surface area (Å²) in [6, 6.07) is 10.0. The van der Waals surface area contributed by atoms with Gasteiger partial charge in [0.25, 0.3) is 0 Å². The molecule has 1 saturated heterocycles. The minimum Gasteiger partial charge on any atom is -0.324 e. The molecule has 2 aromatic carbocycles. The number of carbonyl (C=O) groups excluding carboxylic acids is 1. The van der Waals surface area contributed by atoms with Gasteiger partial charge in [0.05, 0.1) is 17.5 Å². The maximum atomic E-state index is 13.1. The third-order valence-corrected chi connectivity index (χ3v) is 9.04. The summed E-state index contributed by atoms with van der Waals surface area (Å²) in [6.07, 6.45) is 0. The van der Waals surface area contributed by atoms with Crippen molar-refractivity contribution < 1.29 is 13.2 Å². The summed E-state index contributed by atoms with van der Waals surface area (Å²) in [5.41, 5.74) is 7.15. The zero-order valence-corrected chi connectivity index (χ0v) is 20.7. The fourth-order valence-electron chi connectivity index (χ4n) is 4.55. The number of amidine groups is 1. The Morgan fingerprint density at radius 1 is 1.00 bits per heavy atom. The molecular weight excluding hydrogens is 442 g/mol. The SMILES string of the molecule is Cc1cc(C)cc(N(CC(=O)Nc2c(C)cc(C)cc2C)C2=N[C@H]3CS(=O)(=O)C[C@@H]3S2)c1. The third-order valence-electron chi connectivity index (χ3n) is 5.80. The van der Waals surface area contributed by atoms with E-state index >= 15 is 0 Å². The molecule has 32 heavy (non-hydrogen) atoms. The van der Waals surface area contributed by atoms with Gasteiger partial charge in [0.1, 0.15) is 6.54 Å². The number of anilines is 2. The van der Waals surface area contributed by atoms with Crippen LogP contribution in [0.1, 0.15) is 27.8 Å². The lowest BCUT2D eigenvalue weighted by molar-refractivity contribution is -0.114. The molecule has 2 aromatic rings. The molecule has 4 rings (SSSR count). The predicted molar refractivity (Wildman–Crippen MR) is 134 cm³/mol. The number of hydrogen-bond acceptors (Lipinski definition) is 6. The van der Waals surface area contributed by atoms with E-state index in [2.05, 4.69) is 23.5 Å². The van der Waals surface area contributed by atoms with Gasteiger partial charge >= 0.3 is 0 Å². The molecule has 0 aromatic heterocycles. The number of thioether (sulfide) groups is 1. The second-order valence-corrected chi connectivity index (χ2v) is 12.3. The molecule has 2 aliphatic heterocycles. The summed E-state index contributed by atoms with van der Waals surface area (Å²) in [5.74, 6) is 0.0967. The van der Waals surface area contributed by atoms with Crippen molar-refractivity contribution in [3.05, 3.63) is 58.1 Å². The fraction of sp³-hybridized carbons (Fsp3) is 0.417. The minimum atomic E-state index is -3.04. The van der Waals surface area contributed by atoms with Crippen molar-refractivity contribution in [2.24, 2.45) is 4.99 Å². The Morgan fingerprint density at radius 2 is 1.59 bits per heavy atom. The van der Waals surface area contributed by atoms with E-state index in [1.165, 1.54) is 11.8 Å². The molecule has 0 saturated carbocycles. The van der Waals surface area contributed by atoms with Crippen molar-refractivity contribution in [3.8, 4) is 0 Å². The first kappa shape index (κ1) is 22.9. The molecule has 0 aliphatic carbocycles. The number of amides is 1. The van der Waals surface area contributed by atoms with E-state index < -0.39 is 9.84 Å². The highest BCUT2D eigenvalue weighted by Gasteiger charge is 2.44. The van der Waals surface area contributed by atoms with Crippen molar-refractivity contribution in [3.63, 3.8) is 0 Å². The number of nitrogens with one attached hydrogen (secondary N) is 1. The Morgan fingerprint density at radius 3 is 2.19 bits per heavy atom. The molecule has 2 heterocycles. The molecule has 0 radical (unpaired) electrons. The van der Waals surface area contributed by atoms with Crippen molar-refractivity contribution in [1.82, 2.24) is 0 Å². The van der Waals surface area contributed by atoms with Gasteiger partial charge in [-0.3, -0.25) is 9.79 Å².